The molecule has 2 aliphatic carbocycles. The number of anilines is 4. The molecule has 2 bridgehead atoms. The van der Waals surface area contributed by atoms with E-state index in [1.807, 2.05) is 0 Å². The highest BCUT2D eigenvalue weighted by atomic mass is 15.2. The Morgan fingerprint density at radius 3 is 1.98 bits per heavy atom. The minimum Gasteiger partial charge on any atom is -0.355 e. The van der Waals surface area contributed by atoms with Gasteiger partial charge < -0.3 is 10.2 Å². The Morgan fingerprint density at radius 1 is 0.558 bits per heavy atom. The molecule has 0 unspecified atom stereocenters. The lowest BCUT2D eigenvalue weighted by Gasteiger charge is -2.40. The van der Waals surface area contributed by atoms with Crippen LogP contribution in [0.25, 0.3) is 55.8 Å². The molecule has 7 aromatic carbocycles. The second-order valence-corrected chi connectivity index (χ2v) is 14.1. The summed E-state index contributed by atoms with van der Waals surface area (Å²) in [6.07, 6.45) is 14.7. The van der Waals surface area contributed by atoms with Gasteiger partial charge in [0.05, 0.1) is 11.7 Å². The molecule has 7 aromatic rings. The Labute approximate surface area is 305 Å². The fraction of sp³-hybridized carbons (Fsp3) is 0.0800. The van der Waals surface area contributed by atoms with E-state index in [1.54, 1.807) is 0 Å². The van der Waals surface area contributed by atoms with Crippen molar-refractivity contribution in [3.05, 3.63) is 193 Å². The van der Waals surface area contributed by atoms with Crippen molar-refractivity contribution >= 4 is 45.2 Å². The maximum Gasteiger partial charge on any atom is 0.0566 e. The van der Waals surface area contributed by atoms with Gasteiger partial charge in [0, 0.05) is 22.6 Å². The first-order valence-corrected chi connectivity index (χ1v) is 18.4. The van der Waals surface area contributed by atoms with E-state index in [1.165, 1.54) is 77.8 Å². The molecule has 0 spiro atoms. The molecule has 0 aromatic heterocycles. The van der Waals surface area contributed by atoms with Crippen molar-refractivity contribution in [3.63, 3.8) is 0 Å². The third-order valence-corrected chi connectivity index (χ3v) is 11.0. The van der Waals surface area contributed by atoms with Crippen molar-refractivity contribution in [2.45, 2.75) is 25.3 Å². The number of aryl methyl sites for hydroxylation is 1. The van der Waals surface area contributed by atoms with Crippen LogP contribution in [0.3, 0.4) is 0 Å². The SMILES string of the molecule is C1=C[C@@H]2CC(=C1)c1ccc(Nc3ccc(-c4ccc(-c5ccccc5)cc4)cc3)cc1N2c1ccc(-c2cc3c(c4ccccc24)C=CCC3)cc1. The Kier molecular flexibility index (Phi) is 7.46. The van der Waals surface area contributed by atoms with Gasteiger partial charge in [0.2, 0.25) is 0 Å². The summed E-state index contributed by atoms with van der Waals surface area (Å²) in [5.41, 5.74) is 17.6. The molecule has 0 fully saturated rings. The van der Waals surface area contributed by atoms with E-state index >= 15 is 0 Å². The average Bonchev–Trinajstić information content (AvgIpc) is 3.22. The number of nitrogens with one attached hydrogen (secondary N) is 1. The van der Waals surface area contributed by atoms with Crippen LogP contribution in [0.4, 0.5) is 22.7 Å². The van der Waals surface area contributed by atoms with Crippen LogP contribution in [0.15, 0.2) is 176 Å². The lowest BCUT2D eigenvalue weighted by molar-refractivity contribution is 0.776. The van der Waals surface area contributed by atoms with E-state index in [-0.39, 0.29) is 6.04 Å². The highest BCUT2D eigenvalue weighted by Crippen LogP contribution is 2.46. The van der Waals surface area contributed by atoms with Crippen LogP contribution in [-0.2, 0) is 6.42 Å². The van der Waals surface area contributed by atoms with Crippen LogP contribution in [0.5, 0.6) is 0 Å². The zero-order valence-electron chi connectivity index (χ0n) is 29.0. The van der Waals surface area contributed by atoms with Gasteiger partial charge >= 0.3 is 0 Å². The molecular weight excluding hydrogens is 629 g/mol. The first kappa shape index (κ1) is 30.4. The lowest BCUT2D eigenvalue weighted by Crippen LogP contribution is -2.34. The topological polar surface area (TPSA) is 15.3 Å². The van der Waals surface area contributed by atoms with Gasteiger partial charge in [0.1, 0.15) is 0 Å². The first-order valence-electron chi connectivity index (χ1n) is 18.4. The number of allylic oxidation sites excluding steroid dienone is 3. The highest BCUT2D eigenvalue weighted by molar-refractivity contribution is 6.02. The minimum absolute atomic E-state index is 0.275. The van der Waals surface area contributed by atoms with E-state index in [9.17, 15) is 0 Å². The van der Waals surface area contributed by atoms with Crippen LogP contribution in [0.2, 0.25) is 0 Å². The molecule has 2 heteroatoms. The molecular formula is C50H38N2. The van der Waals surface area contributed by atoms with Crippen LogP contribution in [-0.4, -0.2) is 6.04 Å². The van der Waals surface area contributed by atoms with Crippen molar-refractivity contribution in [1.29, 1.82) is 0 Å². The highest BCUT2D eigenvalue weighted by Gasteiger charge is 2.30. The van der Waals surface area contributed by atoms with Gasteiger partial charge in [-0.25, -0.2) is 0 Å². The smallest absolute Gasteiger partial charge is 0.0566 e. The Balaban J connectivity index is 0.938. The molecule has 0 radical (unpaired) electrons. The predicted octanol–water partition coefficient (Wildman–Crippen LogP) is 13.4. The number of hydrogen-bond acceptors (Lipinski definition) is 2. The molecule has 0 saturated carbocycles. The molecule has 1 aliphatic heterocycles. The zero-order chi connectivity index (χ0) is 34.4. The van der Waals surface area contributed by atoms with Crippen molar-refractivity contribution in [2.75, 3.05) is 10.2 Å². The van der Waals surface area contributed by atoms with Crippen LogP contribution in [0.1, 0.15) is 29.5 Å². The quantitative estimate of drug-likeness (QED) is 0.190. The molecule has 1 atom stereocenters. The minimum atomic E-state index is 0.275. The second kappa shape index (κ2) is 12.7. The van der Waals surface area contributed by atoms with Gasteiger partial charge in [0.25, 0.3) is 0 Å². The number of hydrogen-bond donors (Lipinski definition) is 1. The molecule has 3 aliphatic rings. The lowest BCUT2D eigenvalue weighted by atomic mass is 9.86. The second-order valence-electron chi connectivity index (χ2n) is 14.1. The van der Waals surface area contributed by atoms with Crippen molar-refractivity contribution < 1.29 is 0 Å². The molecule has 248 valence electrons. The zero-order valence-corrected chi connectivity index (χ0v) is 29.0. The summed E-state index contributed by atoms with van der Waals surface area (Å²) in [4.78, 5) is 2.52. The molecule has 0 amide bonds. The summed E-state index contributed by atoms with van der Waals surface area (Å²) < 4.78 is 0. The van der Waals surface area contributed by atoms with Crippen molar-refractivity contribution in [3.8, 4) is 33.4 Å². The molecule has 0 saturated heterocycles. The molecule has 1 heterocycles. The van der Waals surface area contributed by atoms with Crippen LogP contribution < -0.4 is 10.2 Å². The third kappa shape index (κ3) is 5.45. The standard InChI is InChI=1S/C50H38N2/c1-2-9-34(10-3-1)35-17-19-36(20-18-35)37-21-25-41(26-22-37)51-42-27-30-46-39-12-8-13-44(31-39)52(50(46)33-42)43-28-23-38(24-29-43)49-32-40-11-4-5-14-45(40)47-15-6-7-16-48(47)49/h1-3,5-10,12-30,32-33,44,51H,4,11,31H2/t44-/m1/s1. The maximum absolute atomic E-state index is 3.70. The van der Waals surface area contributed by atoms with Gasteiger partial charge in [0.15, 0.2) is 0 Å². The summed E-state index contributed by atoms with van der Waals surface area (Å²) in [5.74, 6) is 0. The van der Waals surface area contributed by atoms with Gasteiger partial charge in [-0.05, 0) is 123 Å². The number of nitrogens with zero attached hydrogens (tertiary/aromatic N) is 1. The molecule has 2 nitrogen and oxygen atoms in total. The third-order valence-electron chi connectivity index (χ3n) is 11.0. The Morgan fingerprint density at radius 2 is 1.21 bits per heavy atom. The fourth-order valence-electron chi connectivity index (χ4n) is 8.37. The number of fused-ring (bicyclic) bond motifs is 7. The monoisotopic (exact) mass is 666 g/mol. The Bertz CT molecular complexity index is 2540. The van der Waals surface area contributed by atoms with Crippen molar-refractivity contribution in [2.24, 2.45) is 0 Å². The molecule has 52 heavy (non-hydrogen) atoms. The summed E-state index contributed by atoms with van der Waals surface area (Å²) in [5, 5.41) is 6.37. The van der Waals surface area contributed by atoms with E-state index in [2.05, 4.69) is 192 Å². The van der Waals surface area contributed by atoms with E-state index in [0.717, 1.165) is 30.6 Å². The average molecular weight is 667 g/mol. The van der Waals surface area contributed by atoms with Gasteiger partial charge in [-0.1, -0.05) is 140 Å². The summed E-state index contributed by atoms with van der Waals surface area (Å²) in [6, 6.07) is 55.8. The summed E-state index contributed by atoms with van der Waals surface area (Å²) in [7, 11) is 0. The first-order chi connectivity index (χ1) is 25.7. The van der Waals surface area contributed by atoms with Crippen molar-refractivity contribution in [1.82, 2.24) is 0 Å². The number of rotatable bonds is 6. The molecule has 10 rings (SSSR count). The van der Waals surface area contributed by atoms with Gasteiger partial charge in [-0.3, -0.25) is 0 Å². The predicted molar refractivity (Wildman–Crippen MR) is 221 cm³/mol. The fourth-order valence-corrected chi connectivity index (χ4v) is 8.37. The summed E-state index contributed by atoms with van der Waals surface area (Å²) in [6.45, 7) is 0. The number of benzene rings is 7. The van der Waals surface area contributed by atoms with E-state index < -0.39 is 0 Å². The maximum atomic E-state index is 3.70. The normalized spacial score (nSPS) is 15.6. The molecule has 1 N–H and O–H groups in total. The largest absolute Gasteiger partial charge is 0.355 e. The Hall–Kier alpha value is -6.38. The van der Waals surface area contributed by atoms with Crippen LogP contribution in [0, 0.1) is 0 Å². The van der Waals surface area contributed by atoms with Gasteiger partial charge in [-0.15, -0.1) is 0 Å². The van der Waals surface area contributed by atoms with E-state index in [4.69, 9.17) is 0 Å². The van der Waals surface area contributed by atoms with E-state index in [0.29, 0.717) is 0 Å². The summed E-state index contributed by atoms with van der Waals surface area (Å²) >= 11 is 0. The van der Waals surface area contributed by atoms with Gasteiger partial charge in [-0.2, -0.15) is 0 Å². The van der Waals surface area contributed by atoms with Crippen LogP contribution >= 0.6 is 0 Å².